The fourth-order valence-corrected chi connectivity index (χ4v) is 2.31. The van der Waals surface area contributed by atoms with Gasteiger partial charge >= 0.3 is 0 Å². The number of rotatable bonds is 1. The number of hydrogen-bond acceptors (Lipinski definition) is 1. The van der Waals surface area contributed by atoms with Crippen molar-refractivity contribution in [3.05, 3.63) is 60.6 Å². The van der Waals surface area contributed by atoms with Gasteiger partial charge in [-0.05, 0) is 28.2 Å². The molecule has 0 bridgehead atoms. The van der Waals surface area contributed by atoms with Gasteiger partial charge in [0.2, 0.25) is 0 Å². The third-order valence-corrected chi connectivity index (χ3v) is 3.56. The lowest BCUT2D eigenvalue weighted by atomic mass is 9.86. The topological polar surface area (TPSA) is 13.1 Å². The van der Waals surface area contributed by atoms with Crippen molar-refractivity contribution in [1.82, 2.24) is 0 Å². The standard InChI is InChI=1S/C18H18O/c1-18(2,3)17-8-6-13(7-9-17)14-4-5-15-11-19-12-16(15)10-14/h4-12H,1-3H3. The summed E-state index contributed by atoms with van der Waals surface area (Å²) in [5.74, 6) is 0. The van der Waals surface area contributed by atoms with E-state index in [9.17, 15) is 0 Å². The molecule has 0 spiro atoms. The molecule has 2 aromatic carbocycles. The highest BCUT2D eigenvalue weighted by atomic mass is 16.3. The predicted octanol–water partition coefficient (Wildman–Crippen LogP) is 5.40. The average molecular weight is 250 g/mol. The van der Waals surface area contributed by atoms with Crippen molar-refractivity contribution in [2.24, 2.45) is 0 Å². The van der Waals surface area contributed by atoms with Gasteiger partial charge in [0.15, 0.2) is 0 Å². The van der Waals surface area contributed by atoms with E-state index in [4.69, 9.17) is 4.42 Å². The molecule has 1 heteroatoms. The number of furan rings is 1. The molecule has 0 unspecified atom stereocenters. The molecule has 19 heavy (non-hydrogen) atoms. The highest BCUT2D eigenvalue weighted by Crippen LogP contribution is 2.28. The average Bonchev–Trinajstić information content (AvgIpc) is 2.85. The summed E-state index contributed by atoms with van der Waals surface area (Å²) in [4.78, 5) is 0. The van der Waals surface area contributed by atoms with Gasteiger partial charge in [-0.15, -0.1) is 0 Å². The van der Waals surface area contributed by atoms with Crippen LogP contribution in [0.2, 0.25) is 0 Å². The minimum Gasteiger partial charge on any atom is -0.471 e. The molecule has 0 N–H and O–H groups in total. The number of hydrogen-bond donors (Lipinski definition) is 0. The molecule has 0 saturated carbocycles. The molecule has 0 radical (unpaired) electrons. The van der Waals surface area contributed by atoms with Crippen LogP contribution in [0.15, 0.2) is 59.4 Å². The molecule has 0 amide bonds. The van der Waals surface area contributed by atoms with E-state index in [-0.39, 0.29) is 5.41 Å². The van der Waals surface area contributed by atoms with Gasteiger partial charge in [-0.3, -0.25) is 0 Å². The van der Waals surface area contributed by atoms with Crippen molar-refractivity contribution < 1.29 is 4.42 Å². The Balaban J connectivity index is 2.01. The Morgan fingerprint density at radius 1 is 0.737 bits per heavy atom. The first-order valence-electron chi connectivity index (χ1n) is 6.61. The van der Waals surface area contributed by atoms with Crippen molar-refractivity contribution in [2.45, 2.75) is 26.2 Å². The molecule has 1 aromatic heterocycles. The summed E-state index contributed by atoms with van der Waals surface area (Å²) >= 11 is 0. The Morgan fingerprint density at radius 2 is 1.37 bits per heavy atom. The van der Waals surface area contributed by atoms with Crippen LogP contribution in [0.25, 0.3) is 21.9 Å². The van der Waals surface area contributed by atoms with Gasteiger partial charge in [-0.1, -0.05) is 57.2 Å². The largest absolute Gasteiger partial charge is 0.471 e. The molecular weight excluding hydrogens is 232 g/mol. The third-order valence-electron chi connectivity index (χ3n) is 3.56. The Kier molecular flexibility index (Phi) is 2.70. The second-order valence-electron chi connectivity index (χ2n) is 6.04. The zero-order valence-electron chi connectivity index (χ0n) is 11.6. The monoisotopic (exact) mass is 250 g/mol. The number of fused-ring (bicyclic) bond motifs is 1. The Labute approximate surface area is 113 Å². The van der Waals surface area contributed by atoms with Gasteiger partial charge in [0.25, 0.3) is 0 Å². The van der Waals surface area contributed by atoms with E-state index in [2.05, 4.69) is 63.2 Å². The Bertz CT molecular complexity index is 696. The fraction of sp³-hybridized carbons (Fsp3) is 0.222. The normalized spacial score (nSPS) is 11.9. The first-order chi connectivity index (χ1) is 9.04. The van der Waals surface area contributed by atoms with Crippen LogP contribution in [-0.4, -0.2) is 0 Å². The van der Waals surface area contributed by atoms with E-state index in [1.165, 1.54) is 16.7 Å². The molecule has 0 aliphatic carbocycles. The molecule has 0 aliphatic rings. The lowest BCUT2D eigenvalue weighted by molar-refractivity contribution is 0.572. The van der Waals surface area contributed by atoms with E-state index in [1.807, 2.05) is 0 Å². The van der Waals surface area contributed by atoms with Crippen LogP contribution in [-0.2, 0) is 5.41 Å². The van der Waals surface area contributed by atoms with Gasteiger partial charge in [0, 0.05) is 10.8 Å². The molecule has 0 fully saturated rings. The Morgan fingerprint density at radius 3 is 2.05 bits per heavy atom. The fourth-order valence-electron chi connectivity index (χ4n) is 2.31. The quantitative estimate of drug-likeness (QED) is 0.563. The molecule has 0 aliphatic heterocycles. The minimum absolute atomic E-state index is 0.201. The SMILES string of the molecule is CC(C)(C)c1ccc(-c2ccc3cocc3c2)cc1. The van der Waals surface area contributed by atoms with Crippen molar-refractivity contribution in [3.63, 3.8) is 0 Å². The van der Waals surface area contributed by atoms with Gasteiger partial charge in [-0.25, -0.2) is 0 Å². The molecule has 96 valence electrons. The van der Waals surface area contributed by atoms with Crippen molar-refractivity contribution >= 4 is 10.8 Å². The van der Waals surface area contributed by atoms with Crippen LogP contribution in [0.4, 0.5) is 0 Å². The lowest BCUT2D eigenvalue weighted by Crippen LogP contribution is -2.10. The summed E-state index contributed by atoms with van der Waals surface area (Å²) in [5, 5.41) is 2.30. The molecule has 1 heterocycles. The van der Waals surface area contributed by atoms with E-state index < -0.39 is 0 Å². The maximum Gasteiger partial charge on any atom is 0.0981 e. The van der Waals surface area contributed by atoms with Gasteiger partial charge in [0.05, 0.1) is 12.5 Å². The number of benzene rings is 2. The first-order valence-corrected chi connectivity index (χ1v) is 6.61. The molecule has 3 rings (SSSR count). The van der Waals surface area contributed by atoms with Crippen LogP contribution in [0, 0.1) is 0 Å². The molecule has 0 saturated heterocycles. The maximum absolute atomic E-state index is 5.22. The van der Waals surface area contributed by atoms with Crippen LogP contribution in [0.3, 0.4) is 0 Å². The van der Waals surface area contributed by atoms with E-state index in [0.29, 0.717) is 0 Å². The zero-order valence-corrected chi connectivity index (χ0v) is 11.6. The van der Waals surface area contributed by atoms with Gasteiger partial charge < -0.3 is 4.42 Å². The molecule has 1 nitrogen and oxygen atoms in total. The minimum atomic E-state index is 0.201. The third kappa shape index (κ3) is 2.28. The summed E-state index contributed by atoms with van der Waals surface area (Å²) < 4.78 is 5.22. The highest BCUT2D eigenvalue weighted by molar-refractivity contribution is 5.86. The van der Waals surface area contributed by atoms with Crippen molar-refractivity contribution in [3.8, 4) is 11.1 Å². The van der Waals surface area contributed by atoms with Gasteiger partial charge in [-0.2, -0.15) is 0 Å². The van der Waals surface area contributed by atoms with Crippen molar-refractivity contribution in [2.75, 3.05) is 0 Å². The van der Waals surface area contributed by atoms with Crippen molar-refractivity contribution in [1.29, 1.82) is 0 Å². The first kappa shape index (κ1) is 12.0. The zero-order chi connectivity index (χ0) is 13.5. The van der Waals surface area contributed by atoms with Gasteiger partial charge in [0.1, 0.15) is 0 Å². The second-order valence-corrected chi connectivity index (χ2v) is 6.04. The van der Waals surface area contributed by atoms with E-state index >= 15 is 0 Å². The highest BCUT2D eigenvalue weighted by Gasteiger charge is 2.13. The van der Waals surface area contributed by atoms with E-state index in [0.717, 1.165) is 10.8 Å². The molecule has 3 aromatic rings. The molecular formula is C18H18O. The van der Waals surface area contributed by atoms with Crippen LogP contribution < -0.4 is 0 Å². The van der Waals surface area contributed by atoms with Crippen LogP contribution >= 0.6 is 0 Å². The Hall–Kier alpha value is -2.02. The van der Waals surface area contributed by atoms with E-state index in [1.54, 1.807) is 12.5 Å². The lowest BCUT2D eigenvalue weighted by Gasteiger charge is -2.19. The molecule has 0 atom stereocenters. The second kappa shape index (κ2) is 4.27. The predicted molar refractivity (Wildman–Crippen MR) is 80.4 cm³/mol. The summed E-state index contributed by atoms with van der Waals surface area (Å²) in [6.45, 7) is 6.71. The summed E-state index contributed by atoms with van der Waals surface area (Å²) in [7, 11) is 0. The maximum atomic E-state index is 5.22. The summed E-state index contributed by atoms with van der Waals surface area (Å²) in [5.41, 5.74) is 4.04. The summed E-state index contributed by atoms with van der Waals surface area (Å²) in [6, 6.07) is 15.2. The van der Waals surface area contributed by atoms with Crippen LogP contribution in [0.1, 0.15) is 26.3 Å². The summed E-state index contributed by atoms with van der Waals surface area (Å²) in [6.07, 6.45) is 3.57. The van der Waals surface area contributed by atoms with Crippen LogP contribution in [0.5, 0.6) is 0 Å². The smallest absolute Gasteiger partial charge is 0.0981 e.